The van der Waals surface area contributed by atoms with Gasteiger partial charge in [0.25, 0.3) is 0 Å². The van der Waals surface area contributed by atoms with Gasteiger partial charge in [-0.1, -0.05) is 35.9 Å². The van der Waals surface area contributed by atoms with E-state index in [0.717, 1.165) is 27.4 Å². The molecule has 5 rings (SSSR count). The first-order valence-electron chi connectivity index (χ1n) is 11.6. The number of likely N-dealkylation sites (tertiary alicyclic amines) is 1. The van der Waals surface area contributed by atoms with Gasteiger partial charge in [0.1, 0.15) is 6.04 Å². The number of halogens is 1. The highest BCUT2D eigenvalue weighted by Gasteiger charge is 2.35. The van der Waals surface area contributed by atoms with Crippen molar-refractivity contribution in [2.45, 2.75) is 29.9 Å². The maximum Gasteiger partial charge on any atom is 0.245 e. The molecule has 10 heteroatoms. The van der Waals surface area contributed by atoms with Gasteiger partial charge in [0.2, 0.25) is 5.91 Å². The highest BCUT2D eigenvalue weighted by Crippen LogP contribution is 2.39. The van der Waals surface area contributed by atoms with Crippen molar-refractivity contribution < 1.29 is 18.3 Å². The molecule has 0 radical (unpaired) electrons. The number of anilines is 1. The molecule has 1 saturated heterocycles. The van der Waals surface area contributed by atoms with Crippen LogP contribution in [0.25, 0.3) is 16.1 Å². The lowest BCUT2D eigenvalue weighted by Gasteiger charge is -2.32. The Morgan fingerprint density at radius 2 is 1.89 bits per heavy atom. The summed E-state index contributed by atoms with van der Waals surface area (Å²) in [6.45, 7) is 0.940. The zero-order chi connectivity index (χ0) is 25.4. The van der Waals surface area contributed by atoms with Crippen LogP contribution in [0.1, 0.15) is 17.7 Å². The smallest absolute Gasteiger partial charge is 0.245 e. The van der Waals surface area contributed by atoms with Gasteiger partial charge >= 0.3 is 0 Å². The van der Waals surface area contributed by atoms with Gasteiger partial charge in [-0.05, 0) is 60.9 Å². The number of thiophene rings is 1. The predicted molar refractivity (Wildman–Crippen MR) is 144 cm³/mol. The number of hydrazine groups is 1. The molecule has 3 heterocycles. The minimum absolute atomic E-state index is 0.0987. The van der Waals surface area contributed by atoms with Gasteiger partial charge in [-0.3, -0.25) is 9.80 Å². The highest BCUT2D eigenvalue weighted by molar-refractivity contribution is 7.90. The van der Waals surface area contributed by atoms with E-state index in [1.807, 2.05) is 47.5 Å². The lowest BCUT2D eigenvalue weighted by molar-refractivity contribution is -0.135. The summed E-state index contributed by atoms with van der Waals surface area (Å²) in [6.07, 6.45) is 4.05. The summed E-state index contributed by atoms with van der Waals surface area (Å²) in [5.41, 5.74) is 5.61. The summed E-state index contributed by atoms with van der Waals surface area (Å²) < 4.78 is 24.1. The van der Waals surface area contributed by atoms with Crippen LogP contribution in [0, 0.1) is 0 Å². The Balaban J connectivity index is 1.50. The third-order valence-corrected chi connectivity index (χ3v) is 8.89. The minimum Gasteiger partial charge on any atom is -0.391 e. The second-order valence-corrected chi connectivity index (χ2v) is 12.5. The second-order valence-electron chi connectivity index (χ2n) is 8.99. The van der Waals surface area contributed by atoms with Crippen molar-refractivity contribution in [1.82, 2.24) is 10.3 Å². The molecular weight excluding hydrogens is 518 g/mol. The van der Waals surface area contributed by atoms with Crippen molar-refractivity contribution in [2.24, 2.45) is 0 Å². The number of piperidine rings is 1. The fourth-order valence-electron chi connectivity index (χ4n) is 4.49. The van der Waals surface area contributed by atoms with Crippen molar-refractivity contribution in [3.63, 3.8) is 0 Å². The number of nitrogens with one attached hydrogen (secondary N) is 1. The first kappa shape index (κ1) is 25.0. The van der Waals surface area contributed by atoms with Crippen molar-refractivity contribution in [2.75, 3.05) is 24.4 Å². The van der Waals surface area contributed by atoms with Crippen molar-refractivity contribution in [3.8, 4) is 10.4 Å². The largest absolute Gasteiger partial charge is 0.391 e. The van der Waals surface area contributed by atoms with Gasteiger partial charge in [-0.25, -0.2) is 13.8 Å². The normalized spacial score (nSPS) is 20.5. The third-order valence-electron chi connectivity index (χ3n) is 6.31. The molecule has 1 amide bonds. The summed E-state index contributed by atoms with van der Waals surface area (Å²) >= 11 is 8.03. The lowest BCUT2D eigenvalue weighted by atomic mass is 10.1. The summed E-state index contributed by atoms with van der Waals surface area (Å²) in [7, 11) is -3.32. The van der Waals surface area contributed by atoms with Gasteiger partial charge in [0.15, 0.2) is 9.84 Å². The number of benzene rings is 2. The minimum atomic E-state index is -3.32. The number of aliphatic hydroxyl groups is 1. The van der Waals surface area contributed by atoms with Gasteiger partial charge < -0.3 is 10.0 Å². The standard InChI is InChI=1S/C26H26ClN3O4S2/c1-36(33,34)19-8-4-6-17(14-19)24-11-12-25(35-24)23-15-21(26(32)29-13-5-7-18(31)16-29)28-30(23)22-10-3-2-9-20(22)27/h2-4,6,8-12,14-15,18,21,28,31H,5,7,13,16H2,1H3. The third kappa shape index (κ3) is 5.07. The molecule has 0 spiro atoms. The molecule has 3 aromatic rings. The molecule has 0 saturated carbocycles. The highest BCUT2D eigenvalue weighted by atomic mass is 35.5. The number of rotatable bonds is 5. The van der Waals surface area contributed by atoms with E-state index in [9.17, 15) is 18.3 Å². The first-order chi connectivity index (χ1) is 17.2. The summed E-state index contributed by atoms with van der Waals surface area (Å²) in [4.78, 5) is 17.1. The van der Waals surface area contributed by atoms with E-state index >= 15 is 0 Å². The number of carbonyl (C=O) groups is 1. The van der Waals surface area contributed by atoms with Crippen LogP contribution in [0.2, 0.25) is 5.02 Å². The Morgan fingerprint density at radius 1 is 1.11 bits per heavy atom. The second kappa shape index (κ2) is 9.99. The molecule has 0 aliphatic carbocycles. The Kier molecular flexibility index (Phi) is 6.93. The summed E-state index contributed by atoms with van der Waals surface area (Å²) in [6, 6.07) is 17.6. The van der Waals surface area contributed by atoms with Crippen LogP contribution in [-0.2, 0) is 14.6 Å². The molecule has 0 bridgehead atoms. The van der Waals surface area contributed by atoms with E-state index in [4.69, 9.17) is 11.6 Å². The van der Waals surface area contributed by atoms with E-state index in [0.29, 0.717) is 30.2 Å². The van der Waals surface area contributed by atoms with E-state index < -0.39 is 22.0 Å². The number of hydrogen-bond acceptors (Lipinski definition) is 7. The zero-order valence-electron chi connectivity index (χ0n) is 19.6. The fourth-order valence-corrected chi connectivity index (χ4v) is 6.40. The zero-order valence-corrected chi connectivity index (χ0v) is 22.0. The van der Waals surface area contributed by atoms with Crippen LogP contribution in [0.5, 0.6) is 0 Å². The SMILES string of the molecule is CS(=O)(=O)c1cccc(-c2ccc(C3=CC(C(=O)N4CCCC(O)C4)NN3c3ccccc3Cl)s2)c1. The number of carbonyl (C=O) groups excluding carboxylic acids is 1. The van der Waals surface area contributed by atoms with Crippen LogP contribution in [0.4, 0.5) is 5.69 Å². The maximum atomic E-state index is 13.3. The molecule has 2 aromatic carbocycles. The van der Waals surface area contributed by atoms with Crippen LogP contribution in [-0.4, -0.2) is 55.8 Å². The number of sulfone groups is 1. The molecule has 1 aromatic heterocycles. The molecule has 188 valence electrons. The van der Waals surface area contributed by atoms with Crippen molar-refractivity contribution in [1.29, 1.82) is 0 Å². The van der Waals surface area contributed by atoms with Crippen LogP contribution in [0.3, 0.4) is 0 Å². The molecule has 36 heavy (non-hydrogen) atoms. The van der Waals surface area contributed by atoms with E-state index in [-0.39, 0.29) is 10.8 Å². The quantitative estimate of drug-likeness (QED) is 0.501. The fraction of sp³-hybridized carbons (Fsp3) is 0.269. The molecule has 2 atom stereocenters. The van der Waals surface area contributed by atoms with E-state index in [1.165, 1.54) is 17.6 Å². The Morgan fingerprint density at radius 3 is 2.64 bits per heavy atom. The monoisotopic (exact) mass is 543 g/mol. The van der Waals surface area contributed by atoms with Gasteiger partial charge in [-0.15, -0.1) is 11.3 Å². The summed E-state index contributed by atoms with van der Waals surface area (Å²) in [5.74, 6) is -0.0987. The van der Waals surface area contributed by atoms with Gasteiger partial charge in [0.05, 0.1) is 32.3 Å². The maximum absolute atomic E-state index is 13.3. The van der Waals surface area contributed by atoms with E-state index in [1.54, 1.807) is 29.2 Å². The Bertz CT molecular complexity index is 1440. The lowest BCUT2D eigenvalue weighted by Crippen LogP contribution is -2.51. The number of aliphatic hydroxyl groups excluding tert-OH is 1. The van der Waals surface area contributed by atoms with Crippen molar-refractivity contribution in [3.05, 3.63) is 76.6 Å². The predicted octanol–water partition coefficient (Wildman–Crippen LogP) is 4.19. The van der Waals surface area contributed by atoms with Crippen LogP contribution < -0.4 is 10.4 Å². The molecule has 2 N–H and O–H groups in total. The molecule has 1 fully saturated rings. The van der Waals surface area contributed by atoms with Crippen LogP contribution in [0.15, 0.2) is 71.6 Å². The number of nitrogens with zero attached hydrogens (tertiary/aromatic N) is 2. The molecule has 2 aliphatic heterocycles. The average Bonchev–Trinajstić information content (AvgIpc) is 3.51. The number of amides is 1. The average molecular weight is 544 g/mol. The molecule has 2 unspecified atom stereocenters. The first-order valence-corrected chi connectivity index (χ1v) is 14.7. The topological polar surface area (TPSA) is 90.0 Å². The number of para-hydroxylation sites is 1. The summed E-state index contributed by atoms with van der Waals surface area (Å²) in [5, 5.41) is 12.4. The van der Waals surface area contributed by atoms with Crippen LogP contribution >= 0.6 is 22.9 Å². The number of β-amino-alcohol motifs (C(OH)–C–C–N with tert-alkyl or cyclic N) is 1. The number of hydrogen-bond donors (Lipinski definition) is 2. The molecule has 7 nitrogen and oxygen atoms in total. The molecular formula is C26H26ClN3O4S2. The Hall–Kier alpha value is -2.69. The van der Waals surface area contributed by atoms with Gasteiger partial charge in [0, 0.05) is 24.2 Å². The van der Waals surface area contributed by atoms with E-state index in [2.05, 4.69) is 5.43 Å². The van der Waals surface area contributed by atoms with Gasteiger partial charge in [-0.2, -0.15) is 0 Å². The Labute approximate surface area is 219 Å². The van der Waals surface area contributed by atoms with Crippen molar-refractivity contribution >= 4 is 50.1 Å². The molecule has 2 aliphatic rings.